The Morgan fingerprint density at radius 2 is 1.86 bits per heavy atom. The van der Waals surface area contributed by atoms with Crippen LogP contribution >= 0.6 is 0 Å². The average molecular weight is 481 g/mol. The van der Waals surface area contributed by atoms with Crippen LogP contribution in [0.25, 0.3) is 28.1 Å². The molecule has 2 aliphatic rings. The second kappa shape index (κ2) is 9.04. The third-order valence-electron chi connectivity index (χ3n) is 6.69. The summed E-state index contributed by atoms with van der Waals surface area (Å²) in [5.74, 6) is 2.63. The second-order valence-corrected chi connectivity index (χ2v) is 9.06. The summed E-state index contributed by atoms with van der Waals surface area (Å²) in [6, 6.07) is 18.2. The van der Waals surface area contributed by atoms with Crippen LogP contribution in [0.2, 0.25) is 0 Å². The van der Waals surface area contributed by atoms with Crippen molar-refractivity contribution in [1.29, 1.82) is 0 Å². The fourth-order valence-electron chi connectivity index (χ4n) is 4.76. The number of ether oxygens (including phenoxy) is 4. The normalized spacial score (nSPS) is 13.5. The van der Waals surface area contributed by atoms with E-state index in [1.165, 1.54) is 11.1 Å². The molecule has 0 unspecified atom stereocenters. The number of fused-ring (bicyclic) bond motifs is 5. The van der Waals surface area contributed by atoms with Crippen LogP contribution in [0.15, 0.2) is 66.9 Å². The van der Waals surface area contributed by atoms with E-state index in [4.69, 9.17) is 18.9 Å². The zero-order valence-electron chi connectivity index (χ0n) is 20.2. The first-order valence-corrected chi connectivity index (χ1v) is 12.0. The van der Waals surface area contributed by atoms with Crippen LogP contribution in [-0.4, -0.2) is 26.3 Å². The third-order valence-corrected chi connectivity index (χ3v) is 6.69. The molecule has 0 aliphatic carbocycles. The lowest BCUT2D eigenvalue weighted by molar-refractivity contribution is -0.686. The van der Waals surface area contributed by atoms with Gasteiger partial charge in [-0.15, -0.1) is 0 Å². The van der Waals surface area contributed by atoms with E-state index in [9.17, 15) is 4.79 Å². The van der Waals surface area contributed by atoms with Crippen LogP contribution in [0, 0.1) is 6.92 Å². The summed E-state index contributed by atoms with van der Waals surface area (Å²) >= 11 is 0. The van der Waals surface area contributed by atoms with Gasteiger partial charge in [0.2, 0.25) is 12.5 Å². The van der Waals surface area contributed by atoms with E-state index in [0.29, 0.717) is 11.5 Å². The molecule has 3 aromatic carbocycles. The summed E-state index contributed by atoms with van der Waals surface area (Å²) in [5.41, 5.74) is 5.65. The average Bonchev–Trinajstić information content (AvgIpc) is 3.36. The smallest absolute Gasteiger partial charge is 0.231 e. The fraction of sp³-hybridized carbons (Fsp3) is 0.200. The van der Waals surface area contributed by atoms with Crippen LogP contribution in [0.1, 0.15) is 16.7 Å². The Kier molecular flexibility index (Phi) is 5.56. The van der Waals surface area contributed by atoms with Crippen LogP contribution in [0.4, 0.5) is 0 Å². The van der Waals surface area contributed by atoms with Gasteiger partial charge >= 0.3 is 0 Å². The van der Waals surface area contributed by atoms with Crippen molar-refractivity contribution in [2.24, 2.45) is 0 Å². The predicted octanol–water partition coefficient (Wildman–Crippen LogP) is 5.06. The number of ketones is 1. The molecule has 0 N–H and O–H groups in total. The lowest BCUT2D eigenvalue weighted by Crippen LogP contribution is -2.40. The van der Waals surface area contributed by atoms with E-state index in [1.807, 2.05) is 43.3 Å². The largest absolute Gasteiger partial charge is 0.493 e. The van der Waals surface area contributed by atoms with E-state index in [2.05, 4.69) is 29.0 Å². The molecule has 0 spiro atoms. The number of carbonyl (C=O) groups excluding carboxylic acids is 1. The van der Waals surface area contributed by atoms with Gasteiger partial charge < -0.3 is 18.9 Å². The Labute approximate surface area is 209 Å². The molecular weight excluding hydrogens is 454 g/mol. The number of benzene rings is 3. The Morgan fingerprint density at radius 3 is 2.67 bits per heavy atom. The van der Waals surface area contributed by atoms with Gasteiger partial charge in [0.1, 0.15) is 0 Å². The van der Waals surface area contributed by atoms with Gasteiger partial charge in [-0.2, -0.15) is 4.57 Å². The number of aromatic nitrogens is 1. The maximum atomic E-state index is 12.6. The van der Waals surface area contributed by atoms with Crippen LogP contribution in [-0.2, 0) is 17.8 Å². The summed E-state index contributed by atoms with van der Waals surface area (Å²) in [6.07, 6.45) is 6.33. The van der Waals surface area contributed by atoms with Crippen molar-refractivity contribution in [2.45, 2.75) is 19.9 Å². The van der Waals surface area contributed by atoms with Crippen molar-refractivity contribution in [3.8, 4) is 34.3 Å². The molecule has 0 fully saturated rings. The highest BCUT2D eigenvalue weighted by Gasteiger charge is 2.28. The zero-order valence-corrected chi connectivity index (χ0v) is 20.2. The van der Waals surface area contributed by atoms with Crippen LogP contribution in [0.5, 0.6) is 23.0 Å². The third kappa shape index (κ3) is 4.05. The number of pyridine rings is 1. The van der Waals surface area contributed by atoms with Gasteiger partial charge in [0, 0.05) is 12.5 Å². The topological polar surface area (TPSA) is 57.9 Å². The van der Waals surface area contributed by atoms with Gasteiger partial charge in [-0.1, -0.05) is 35.9 Å². The standard InChI is InChI=1S/C30H26NO5/c1-19-3-5-20(6-4-19)7-9-23(32)17-34-30-25-16-31-12-11-22-14-28-29(36-18-35-28)15-24(22)26(31)13-21(25)8-10-27(30)33-2/h3-10,13-16H,11-12,17-18H2,1-2H3/q+1/b9-7+. The highest BCUT2D eigenvalue weighted by molar-refractivity contribution is 5.96. The molecule has 0 bridgehead atoms. The van der Waals surface area contributed by atoms with E-state index in [1.54, 1.807) is 19.3 Å². The second-order valence-electron chi connectivity index (χ2n) is 9.06. The van der Waals surface area contributed by atoms with Gasteiger partial charge in [-0.05, 0) is 53.8 Å². The fourth-order valence-corrected chi connectivity index (χ4v) is 4.76. The number of hydrogen-bond acceptors (Lipinski definition) is 5. The molecule has 2 aliphatic heterocycles. The van der Waals surface area contributed by atoms with E-state index < -0.39 is 0 Å². The van der Waals surface area contributed by atoms with Gasteiger partial charge in [0.15, 0.2) is 48.1 Å². The van der Waals surface area contributed by atoms with E-state index >= 15 is 0 Å². The van der Waals surface area contributed by atoms with Crippen molar-refractivity contribution < 1.29 is 28.3 Å². The number of carbonyl (C=O) groups is 1. The summed E-state index contributed by atoms with van der Waals surface area (Å²) in [7, 11) is 1.61. The Bertz CT molecular complexity index is 1520. The predicted molar refractivity (Wildman–Crippen MR) is 137 cm³/mol. The lowest BCUT2D eigenvalue weighted by atomic mass is 9.95. The first-order valence-electron chi connectivity index (χ1n) is 12.0. The van der Waals surface area contributed by atoms with Crippen LogP contribution < -0.4 is 23.5 Å². The molecule has 6 nitrogen and oxygen atoms in total. The molecule has 1 aromatic heterocycles. The maximum absolute atomic E-state index is 12.6. The molecule has 0 amide bonds. The van der Waals surface area contributed by atoms with Gasteiger partial charge in [-0.3, -0.25) is 4.79 Å². The van der Waals surface area contributed by atoms with Gasteiger partial charge in [0.25, 0.3) is 0 Å². The first kappa shape index (κ1) is 22.2. The number of nitrogens with zero attached hydrogens (tertiary/aromatic N) is 1. The summed E-state index contributed by atoms with van der Waals surface area (Å²) in [5, 5.41) is 1.91. The lowest BCUT2D eigenvalue weighted by Gasteiger charge is -2.17. The monoisotopic (exact) mass is 480 g/mol. The molecule has 3 heterocycles. The summed E-state index contributed by atoms with van der Waals surface area (Å²) < 4.78 is 25.0. The number of hydrogen-bond donors (Lipinski definition) is 0. The molecule has 0 saturated carbocycles. The molecule has 6 heteroatoms. The molecule has 0 saturated heterocycles. The maximum Gasteiger partial charge on any atom is 0.231 e. The molecule has 36 heavy (non-hydrogen) atoms. The van der Waals surface area contributed by atoms with Crippen LogP contribution in [0.3, 0.4) is 0 Å². The first-order chi connectivity index (χ1) is 17.6. The summed E-state index contributed by atoms with van der Waals surface area (Å²) in [6.45, 7) is 3.04. The highest BCUT2D eigenvalue weighted by atomic mass is 16.7. The number of methoxy groups -OCH3 is 1. The SMILES string of the molecule is COc1ccc2cc3[n+](cc2c1OCC(=O)/C=C/c1ccc(C)cc1)CCc1cc2c(cc1-3)OCO2. The minimum atomic E-state index is -0.120. The molecule has 0 atom stereocenters. The molecule has 180 valence electrons. The number of rotatable bonds is 6. The van der Waals surface area contributed by atoms with Crippen molar-refractivity contribution in [2.75, 3.05) is 20.5 Å². The van der Waals surface area contributed by atoms with Crippen molar-refractivity contribution in [1.82, 2.24) is 0 Å². The minimum absolute atomic E-state index is 0.0775. The Hall–Kier alpha value is -4.32. The Morgan fingerprint density at radius 1 is 1.06 bits per heavy atom. The van der Waals surface area contributed by atoms with Crippen molar-refractivity contribution >= 4 is 22.6 Å². The van der Waals surface area contributed by atoms with E-state index in [-0.39, 0.29) is 19.2 Å². The van der Waals surface area contributed by atoms with Crippen molar-refractivity contribution in [3.63, 3.8) is 0 Å². The molecule has 0 radical (unpaired) electrons. The van der Waals surface area contributed by atoms with E-state index in [0.717, 1.165) is 52.1 Å². The Balaban J connectivity index is 1.31. The molecular formula is C30H26NO5+. The quantitative estimate of drug-likeness (QED) is 0.285. The molecule has 6 rings (SSSR count). The van der Waals surface area contributed by atoms with Crippen molar-refractivity contribution in [3.05, 3.63) is 83.6 Å². The minimum Gasteiger partial charge on any atom is -0.493 e. The highest BCUT2D eigenvalue weighted by Crippen LogP contribution is 2.41. The van der Waals surface area contributed by atoms with Gasteiger partial charge in [-0.25, -0.2) is 0 Å². The number of aryl methyl sites for hydroxylation is 3. The molecule has 4 aromatic rings. The van der Waals surface area contributed by atoms with Gasteiger partial charge in [0.05, 0.1) is 18.1 Å². The summed E-state index contributed by atoms with van der Waals surface area (Å²) in [4.78, 5) is 12.6. The zero-order chi connectivity index (χ0) is 24.6.